The standard InChI is InChI=1S/C18H25N3O5/c1-24-14-5-4-13(15(25-2)16(14)26-3)18(23)21-8-6-20(7-9-21)17(22)12-10-19-11-12/h4-5,12,19H,6-11H2,1-3H3. The minimum absolute atomic E-state index is 0.0863. The molecule has 1 aromatic carbocycles. The summed E-state index contributed by atoms with van der Waals surface area (Å²) in [6, 6.07) is 3.37. The van der Waals surface area contributed by atoms with Crippen molar-refractivity contribution in [3.8, 4) is 17.2 Å². The summed E-state index contributed by atoms with van der Waals surface area (Å²) in [6.07, 6.45) is 0. The molecule has 8 heteroatoms. The third kappa shape index (κ3) is 3.29. The largest absolute Gasteiger partial charge is 0.493 e. The number of hydrogen-bond acceptors (Lipinski definition) is 6. The zero-order valence-corrected chi connectivity index (χ0v) is 15.4. The van der Waals surface area contributed by atoms with Crippen LogP contribution in [-0.2, 0) is 4.79 Å². The van der Waals surface area contributed by atoms with E-state index in [4.69, 9.17) is 14.2 Å². The molecule has 0 aromatic heterocycles. The molecule has 0 saturated carbocycles. The highest BCUT2D eigenvalue weighted by atomic mass is 16.5. The van der Waals surface area contributed by atoms with Crippen molar-refractivity contribution in [1.29, 1.82) is 0 Å². The van der Waals surface area contributed by atoms with Gasteiger partial charge < -0.3 is 29.3 Å². The first-order valence-corrected chi connectivity index (χ1v) is 8.68. The molecule has 2 fully saturated rings. The second-order valence-electron chi connectivity index (χ2n) is 6.35. The van der Waals surface area contributed by atoms with Crippen LogP contribution in [0.4, 0.5) is 0 Å². The summed E-state index contributed by atoms with van der Waals surface area (Å²) in [5.41, 5.74) is 0.424. The molecule has 0 spiro atoms. The highest BCUT2D eigenvalue weighted by Crippen LogP contribution is 2.40. The predicted octanol–water partition coefficient (Wildman–Crippen LogP) is 0.216. The van der Waals surface area contributed by atoms with Crippen molar-refractivity contribution >= 4 is 11.8 Å². The maximum absolute atomic E-state index is 13.0. The summed E-state index contributed by atoms with van der Waals surface area (Å²) in [5.74, 6) is 1.39. The topological polar surface area (TPSA) is 80.3 Å². The van der Waals surface area contributed by atoms with E-state index in [0.29, 0.717) is 49.0 Å². The van der Waals surface area contributed by atoms with Crippen LogP contribution in [-0.4, -0.2) is 82.2 Å². The molecule has 0 unspecified atom stereocenters. The summed E-state index contributed by atoms with van der Waals surface area (Å²) < 4.78 is 16.0. The summed E-state index contributed by atoms with van der Waals surface area (Å²) in [5, 5.41) is 3.11. The first-order chi connectivity index (χ1) is 12.6. The zero-order valence-electron chi connectivity index (χ0n) is 15.4. The molecule has 0 aliphatic carbocycles. The number of piperazine rings is 1. The molecule has 8 nitrogen and oxygen atoms in total. The minimum Gasteiger partial charge on any atom is -0.493 e. The van der Waals surface area contributed by atoms with E-state index < -0.39 is 0 Å². The van der Waals surface area contributed by atoms with Crippen LogP contribution < -0.4 is 19.5 Å². The van der Waals surface area contributed by atoms with Gasteiger partial charge in [-0.2, -0.15) is 0 Å². The third-order valence-electron chi connectivity index (χ3n) is 4.94. The van der Waals surface area contributed by atoms with Crippen LogP contribution in [0, 0.1) is 5.92 Å². The first-order valence-electron chi connectivity index (χ1n) is 8.68. The van der Waals surface area contributed by atoms with Crippen molar-refractivity contribution in [1.82, 2.24) is 15.1 Å². The molecule has 1 N–H and O–H groups in total. The Bertz CT molecular complexity index is 682. The van der Waals surface area contributed by atoms with Gasteiger partial charge in [0.1, 0.15) is 0 Å². The fourth-order valence-corrected chi connectivity index (χ4v) is 3.29. The summed E-state index contributed by atoms with van der Waals surface area (Å²) >= 11 is 0. The molecule has 2 amide bonds. The van der Waals surface area contributed by atoms with Gasteiger partial charge in [0.15, 0.2) is 11.5 Å². The molecule has 142 valence electrons. The molecule has 0 atom stereocenters. The molecule has 2 aliphatic heterocycles. The lowest BCUT2D eigenvalue weighted by molar-refractivity contribution is -0.138. The molecule has 2 aliphatic rings. The summed E-state index contributed by atoms with van der Waals surface area (Å²) in [7, 11) is 4.54. The monoisotopic (exact) mass is 363 g/mol. The van der Waals surface area contributed by atoms with E-state index in [1.807, 2.05) is 4.90 Å². The fourth-order valence-electron chi connectivity index (χ4n) is 3.29. The van der Waals surface area contributed by atoms with E-state index in [-0.39, 0.29) is 17.7 Å². The summed E-state index contributed by atoms with van der Waals surface area (Å²) in [6.45, 7) is 3.61. The van der Waals surface area contributed by atoms with Gasteiger partial charge in [-0.15, -0.1) is 0 Å². The van der Waals surface area contributed by atoms with E-state index in [2.05, 4.69) is 5.32 Å². The molecule has 0 bridgehead atoms. The number of nitrogens with zero attached hydrogens (tertiary/aromatic N) is 2. The van der Waals surface area contributed by atoms with Crippen LogP contribution in [0.25, 0.3) is 0 Å². The maximum Gasteiger partial charge on any atom is 0.257 e. The lowest BCUT2D eigenvalue weighted by atomic mass is 10.0. The molecular formula is C18H25N3O5. The second-order valence-corrected chi connectivity index (χ2v) is 6.35. The SMILES string of the molecule is COc1ccc(C(=O)N2CCN(C(=O)C3CNC3)CC2)c(OC)c1OC. The van der Waals surface area contributed by atoms with E-state index >= 15 is 0 Å². The molecule has 1 aromatic rings. The number of ether oxygens (including phenoxy) is 3. The van der Waals surface area contributed by atoms with Crippen LogP contribution in [0.5, 0.6) is 17.2 Å². The van der Waals surface area contributed by atoms with Gasteiger partial charge in [0.2, 0.25) is 11.7 Å². The number of amides is 2. The number of hydrogen-bond donors (Lipinski definition) is 1. The van der Waals surface area contributed by atoms with E-state index in [1.54, 1.807) is 17.0 Å². The Morgan fingerprint density at radius 1 is 0.923 bits per heavy atom. The van der Waals surface area contributed by atoms with Crippen molar-refractivity contribution in [2.24, 2.45) is 5.92 Å². The smallest absolute Gasteiger partial charge is 0.257 e. The molecule has 2 saturated heterocycles. The Balaban J connectivity index is 1.71. The van der Waals surface area contributed by atoms with Crippen molar-refractivity contribution in [2.75, 3.05) is 60.6 Å². The minimum atomic E-state index is -0.139. The number of rotatable bonds is 5. The molecule has 2 heterocycles. The fraction of sp³-hybridized carbons (Fsp3) is 0.556. The Morgan fingerprint density at radius 2 is 1.54 bits per heavy atom. The van der Waals surface area contributed by atoms with E-state index in [1.165, 1.54) is 21.3 Å². The average Bonchev–Trinajstić information content (AvgIpc) is 2.64. The van der Waals surface area contributed by atoms with Gasteiger partial charge in [-0.3, -0.25) is 9.59 Å². The Morgan fingerprint density at radius 3 is 2.04 bits per heavy atom. The van der Waals surface area contributed by atoms with Crippen molar-refractivity contribution in [3.63, 3.8) is 0 Å². The average molecular weight is 363 g/mol. The molecule has 0 radical (unpaired) electrons. The summed E-state index contributed by atoms with van der Waals surface area (Å²) in [4.78, 5) is 28.9. The van der Waals surface area contributed by atoms with Crippen LogP contribution in [0.1, 0.15) is 10.4 Å². The molecular weight excluding hydrogens is 338 g/mol. The highest BCUT2D eigenvalue weighted by molar-refractivity contribution is 5.98. The Hall–Kier alpha value is -2.48. The van der Waals surface area contributed by atoms with Crippen molar-refractivity contribution in [2.45, 2.75) is 0 Å². The quantitative estimate of drug-likeness (QED) is 0.806. The lowest BCUT2D eigenvalue weighted by Crippen LogP contribution is -2.57. The Labute approximate surface area is 153 Å². The highest BCUT2D eigenvalue weighted by Gasteiger charge is 2.33. The third-order valence-corrected chi connectivity index (χ3v) is 4.94. The van der Waals surface area contributed by atoms with Gasteiger partial charge >= 0.3 is 0 Å². The van der Waals surface area contributed by atoms with Crippen LogP contribution >= 0.6 is 0 Å². The van der Waals surface area contributed by atoms with Gasteiger partial charge in [0, 0.05) is 39.3 Å². The molecule has 26 heavy (non-hydrogen) atoms. The van der Waals surface area contributed by atoms with Gasteiger partial charge in [-0.05, 0) is 12.1 Å². The first kappa shape index (κ1) is 18.3. The number of carbonyl (C=O) groups is 2. The maximum atomic E-state index is 13.0. The van der Waals surface area contributed by atoms with Crippen LogP contribution in [0.3, 0.4) is 0 Å². The van der Waals surface area contributed by atoms with Crippen molar-refractivity contribution in [3.05, 3.63) is 17.7 Å². The van der Waals surface area contributed by atoms with E-state index in [0.717, 1.165) is 13.1 Å². The number of nitrogens with one attached hydrogen (secondary N) is 1. The molecule has 3 rings (SSSR count). The van der Waals surface area contributed by atoms with E-state index in [9.17, 15) is 9.59 Å². The zero-order chi connectivity index (χ0) is 18.7. The van der Waals surface area contributed by atoms with Crippen LogP contribution in [0.15, 0.2) is 12.1 Å². The lowest BCUT2D eigenvalue weighted by Gasteiger charge is -2.38. The predicted molar refractivity (Wildman–Crippen MR) is 94.9 cm³/mol. The number of methoxy groups -OCH3 is 3. The van der Waals surface area contributed by atoms with Gasteiger partial charge in [0.05, 0.1) is 32.8 Å². The second kappa shape index (κ2) is 7.82. The number of benzene rings is 1. The van der Waals surface area contributed by atoms with Gasteiger partial charge in [0.25, 0.3) is 5.91 Å². The van der Waals surface area contributed by atoms with Gasteiger partial charge in [-0.1, -0.05) is 0 Å². The van der Waals surface area contributed by atoms with Crippen molar-refractivity contribution < 1.29 is 23.8 Å². The van der Waals surface area contributed by atoms with Crippen LogP contribution in [0.2, 0.25) is 0 Å². The van der Waals surface area contributed by atoms with Gasteiger partial charge in [-0.25, -0.2) is 0 Å². The number of carbonyl (C=O) groups excluding carboxylic acids is 2. The Kier molecular flexibility index (Phi) is 5.51. The normalized spacial score (nSPS) is 17.5.